The van der Waals surface area contributed by atoms with E-state index in [0.717, 1.165) is 11.1 Å². The average Bonchev–Trinajstić information content (AvgIpc) is 2.45. The van der Waals surface area contributed by atoms with Crippen molar-refractivity contribution in [3.63, 3.8) is 0 Å². The molecule has 0 saturated heterocycles. The lowest BCUT2D eigenvalue weighted by Crippen LogP contribution is -2.13. The molecule has 102 valence electrons. The van der Waals surface area contributed by atoms with Gasteiger partial charge in [0.15, 0.2) is 15.1 Å². The molecule has 1 unspecified atom stereocenters. The molecule has 0 spiro atoms. The largest absolute Gasteiger partial charge is 0.222 e. The van der Waals surface area contributed by atoms with Crippen molar-refractivity contribution in [1.82, 2.24) is 0 Å². The van der Waals surface area contributed by atoms with Crippen molar-refractivity contribution in [2.45, 2.75) is 24.0 Å². The van der Waals surface area contributed by atoms with E-state index in [1.54, 1.807) is 30.3 Å². The SMILES string of the molecule is Cc1cccc(C(C#N)S(=O)(=O)c2ccccc2)c1C. The molecule has 4 heteroatoms. The summed E-state index contributed by atoms with van der Waals surface area (Å²) in [4.78, 5) is 0.174. The maximum atomic E-state index is 12.6. The van der Waals surface area contributed by atoms with Gasteiger partial charge in [0, 0.05) is 0 Å². The zero-order valence-electron chi connectivity index (χ0n) is 11.4. The van der Waals surface area contributed by atoms with Crippen LogP contribution in [-0.2, 0) is 9.84 Å². The topological polar surface area (TPSA) is 57.9 Å². The molecule has 3 nitrogen and oxygen atoms in total. The second-order valence-corrected chi connectivity index (χ2v) is 6.69. The van der Waals surface area contributed by atoms with Crippen LogP contribution in [0.1, 0.15) is 21.9 Å². The highest BCUT2D eigenvalue weighted by Crippen LogP contribution is 2.31. The summed E-state index contributed by atoms with van der Waals surface area (Å²) in [5, 5.41) is 8.19. The Morgan fingerprint density at radius 1 is 1.00 bits per heavy atom. The summed E-state index contributed by atoms with van der Waals surface area (Å²) in [5.74, 6) is 0. The van der Waals surface area contributed by atoms with Gasteiger partial charge in [-0.25, -0.2) is 8.42 Å². The fraction of sp³-hybridized carbons (Fsp3) is 0.188. The van der Waals surface area contributed by atoms with Crippen LogP contribution in [0.3, 0.4) is 0 Å². The Kier molecular flexibility index (Phi) is 3.91. The quantitative estimate of drug-likeness (QED) is 0.869. The molecule has 2 aromatic rings. The number of nitriles is 1. The van der Waals surface area contributed by atoms with Crippen LogP contribution in [0.5, 0.6) is 0 Å². The molecule has 0 fully saturated rings. The Morgan fingerprint density at radius 3 is 2.25 bits per heavy atom. The highest BCUT2D eigenvalue weighted by atomic mass is 32.2. The van der Waals surface area contributed by atoms with Crippen molar-refractivity contribution in [1.29, 1.82) is 5.26 Å². The fourth-order valence-electron chi connectivity index (χ4n) is 2.11. The lowest BCUT2D eigenvalue weighted by Gasteiger charge is -2.15. The van der Waals surface area contributed by atoms with Crippen molar-refractivity contribution in [2.75, 3.05) is 0 Å². The van der Waals surface area contributed by atoms with Crippen molar-refractivity contribution < 1.29 is 8.42 Å². The summed E-state index contributed by atoms with van der Waals surface area (Å²) >= 11 is 0. The molecule has 0 amide bonds. The van der Waals surface area contributed by atoms with Crippen molar-refractivity contribution >= 4 is 9.84 Å². The highest BCUT2D eigenvalue weighted by Gasteiger charge is 2.30. The molecule has 0 aromatic heterocycles. The van der Waals surface area contributed by atoms with Gasteiger partial charge in [-0.1, -0.05) is 36.4 Å². The molecular formula is C16H15NO2S. The highest BCUT2D eigenvalue weighted by molar-refractivity contribution is 7.92. The predicted octanol–water partition coefficient (Wildman–Crippen LogP) is 3.34. The van der Waals surface area contributed by atoms with E-state index >= 15 is 0 Å². The maximum Gasteiger partial charge on any atom is 0.198 e. The van der Waals surface area contributed by atoms with E-state index < -0.39 is 15.1 Å². The molecule has 0 heterocycles. The molecule has 0 aliphatic rings. The molecule has 2 rings (SSSR count). The maximum absolute atomic E-state index is 12.6. The van der Waals surface area contributed by atoms with Gasteiger partial charge in [-0.05, 0) is 42.7 Å². The smallest absolute Gasteiger partial charge is 0.198 e. The van der Waals surface area contributed by atoms with Gasteiger partial charge in [0.1, 0.15) is 0 Å². The van der Waals surface area contributed by atoms with Crippen molar-refractivity contribution in [2.24, 2.45) is 0 Å². The standard InChI is InChI=1S/C16H15NO2S/c1-12-7-6-10-15(13(12)2)16(11-17)20(18,19)14-8-4-3-5-9-14/h3-10,16H,1-2H3. The molecule has 0 aliphatic heterocycles. The first-order chi connectivity index (χ1) is 9.48. The first-order valence-corrected chi connectivity index (χ1v) is 7.78. The first kappa shape index (κ1) is 14.3. The van der Waals surface area contributed by atoms with Crippen LogP contribution in [0.25, 0.3) is 0 Å². The van der Waals surface area contributed by atoms with Crippen LogP contribution in [0.2, 0.25) is 0 Å². The van der Waals surface area contributed by atoms with Crippen LogP contribution in [0, 0.1) is 25.2 Å². The second-order valence-electron chi connectivity index (χ2n) is 4.66. The lowest BCUT2D eigenvalue weighted by molar-refractivity contribution is 0.591. The van der Waals surface area contributed by atoms with Crippen LogP contribution in [-0.4, -0.2) is 8.42 Å². The van der Waals surface area contributed by atoms with E-state index in [-0.39, 0.29) is 4.90 Å². The molecule has 1 atom stereocenters. The summed E-state index contributed by atoms with van der Waals surface area (Å²) in [7, 11) is -3.70. The number of rotatable bonds is 3. The Hall–Kier alpha value is -2.12. The summed E-state index contributed by atoms with van der Waals surface area (Å²) in [6.07, 6.45) is 0. The fourth-order valence-corrected chi connectivity index (χ4v) is 3.65. The first-order valence-electron chi connectivity index (χ1n) is 6.23. The number of nitrogens with zero attached hydrogens (tertiary/aromatic N) is 1. The lowest BCUT2D eigenvalue weighted by atomic mass is 10.0. The summed E-state index contributed by atoms with van der Waals surface area (Å²) < 4.78 is 25.2. The summed E-state index contributed by atoms with van der Waals surface area (Å²) in [5.41, 5.74) is 2.38. The summed E-state index contributed by atoms with van der Waals surface area (Å²) in [6.45, 7) is 3.75. The number of benzene rings is 2. The molecule has 20 heavy (non-hydrogen) atoms. The Labute approximate surface area is 119 Å². The van der Waals surface area contributed by atoms with Gasteiger partial charge in [0.05, 0.1) is 11.0 Å². The minimum Gasteiger partial charge on any atom is -0.222 e. The molecule has 0 aliphatic carbocycles. The van der Waals surface area contributed by atoms with E-state index in [9.17, 15) is 13.7 Å². The van der Waals surface area contributed by atoms with Gasteiger partial charge in [-0.3, -0.25) is 0 Å². The third-order valence-electron chi connectivity index (χ3n) is 3.43. The Balaban J connectivity index is 2.60. The molecular weight excluding hydrogens is 270 g/mol. The molecule has 2 aromatic carbocycles. The van der Waals surface area contributed by atoms with E-state index in [1.807, 2.05) is 26.0 Å². The van der Waals surface area contributed by atoms with Gasteiger partial charge in [0.2, 0.25) is 0 Å². The number of hydrogen-bond donors (Lipinski definition) is 0. The normalized spacial score (nSPS) is 12.7. The molecule has 0 N–H and O–H groups in total. The zero-order chi connectivity index (χ0) is 14.8. The number of hydrogen-bond acceptors (Lipinski definition) is 3. The minimum absolute atomic E-state index is 0.174. The van der Waals surface area contributed by atoms with Gasteiger partial charge in [-0.2, -0.15) is 5.26 Å². The van der Waals surface area contributed by atoms with Crippen LogP contribution >= 0.6 is 0 Å². The third-order valence-corrected chi connectivity index (χ3v) is 5.34. The van der Waals surface area contributed by atoms with Gasteiger partial charge >= 0.3 is 0 Å². The predicted molar refractivity (Wildman–Crippen MR) is 77.9 cm³/mol. The second kappa shape index (κ2) is 5.48. The molecule has 0 saturated carbocycles. The molecule has 0 bridgehead atoms. The van der Waals surface area contributed by atoms with Crippen LogP contribution in [0.4, 0.5) is 0 Å². The van der Waals surface area contributed by atoms with Crippen LogP contribution < -0.4 is 0 Å². The van der Waals surface area contributed by atoms with E-state index in [4.69, 9.17) is 0 Å². The third kappa shape index (κ3) is 2.45. The minimum atomic E-state index is -3.70. The van der Waals surface area contributed by atoms with E-state index in [1.165, 1.54) is 12.1 Å². The number of sulfone groups is 1. The monoisotopic (exact) mass is 285 g/mol. The molecule has 0 radical (unpaired) electrons. The average molecular weight is 285 g/mol. The Bertz CT molecular complexity index is 759. The Morgan fingerprint density at radius 2 is 1.65 bits per heavy atom. The van der Waals surface area contributed by atoms with Gasteiger partial charge < -0.3 is 0 Å². The zero-order valence-corrected chi connectivity index (χ0v) is 12.2. The van der Waals surface area contributed by atoms with Crippen molar-refractivity contribution in [3.8, 4) is 6.07 Å². The summed E-state index contributed by atoms with van der Waals surface area (Å²) in [6, 6.07) is 15.4. The number of aryl methyl sites for hydroxylation is 1. The van der Waals surface area contributed by atoms with Crippen LogP contribution in [0.15, 0.2) is 53.4 Å². The van der Waals surface area contributed by atoms with Gasteiger partial charge in [-0.15, -0.1) is 0 Å². The van der Waals surface area contributed by atoms with Crippen molar-refractivity contribution in [3.05, 3.63) is 65.2 Å². The van der Waals surface area contributed by atoms with Gasteiger partial charge in [0.25, 0.3) is 0 Å². The van der Waals surface area contributed by atoms with E-state index in [0.29, 0.717) is 5.56 Å². The van der Waals surface area contributed by atoms with E-state index in [2.05, 4.69) is 0 Å².